The van der Waals surface area contributed by atoms with E-state index in [1.807, 2.05) is 6.92 Å². The SMILES string of the molecule is CCOC(=O)Cc1c(C(=O)C(=O)O)c2ccccc2n1CC. The Labute approximate surface area is 127 Å². The van der Waals surface area contributed by atoms with E-state index in [4.69, 9.17) is 9.84 Å². The van der Waals surface area contributed by atoms with Gasteiger partial charge in [-0.05, 0) is 19.9 Å². The lowest BCUT2D eigenvalue weighted by Gasteiger charge is -2.09. The molecule has 116 valence electrons. The van der Waals surface area contributed by atoms with Crippen LogP contribution in [0.1, 0.15) is 29.9 Å². The lowest BCUT2D eigenvalue weighted by molar-refractivity contribution is -0.142. The van der Waals surface area contributed by atoms with E-state index in [1.165, 1.54) is 0 Å². The van der Waals surface area contributed by atoms with Gasteiger partial charge in [0.05, 0.1) is 18.6 Å². The topological polar surface area (TPSA) is 85.6 Å². The van der Waals surface area contributed by atoms with Crippen LogP contribution in [0.3, 0.4) is 0 Å². The maximum absolute atomic E-state index is 12.1. The second-order valence-corrected chi connectivity index (χ2v) is 4.70. The smallest absolute Gasteiger partial charge is 0.377 e. The number of fused-ring (bicyclic) bond motifs is 1. The van der Waals surface area contributed by atoms with Crippen LogP contribution < -0.4 is 0 Å². The van der Waals surface area contributed by atoms with Crippen LogP contribution in [0.2, 0.25) is 0 Å². The number of ether oxygens (including phenoxy) is 1. The maximum atomic E-state index is 12.1. The summed E-state index contributed by atoms with van der Waals surface area (Å²) in [4.78, 5) is 35.0. The van der Waals surface area contributed by atoms with Crippen LogP contribution in [0.15, 0.2) is 24.3 Å². The molecule has 2 aromatic rings. The van der Waals surface area contributed by atoms with Crippen molar-refractivity contribution in [2.45, 2.75) is 26.8 Å². The van der Waals surface area contributed by atoms with Gasteiger partial charge < -0.3 is 14.4 Å². The molecule has 0 aliphatic heterocycles. The number of carbonyl (C=O) groups is 3. The van der Waals surface area contributed by atoms with Gasteiger partial charge >= 0.3 is 11.9 Å². The molecular formula is C16H17NO5. The zero-order valence-corrected chi connectivity index (χ0v) is 12.5. The summed E-state index contributed by atoms with van der Waals surface area (Å²) < 4.78 is 6.71. The van der Waals surface area contributed by atoms with Gasteiger partial charge in [-0.2, -0.15) is 0 Å². The summed E-state index contributed by atoms with van der Waals surface area (Å²) in [6.45, 7) is 4.31. The number of rotatable bonds is 6. The largest absolute Gasteiger partial charge is 0.475 e. The Morgan fingerprint density at radius 2 is 1.86 bits per heavy atom. The van der Waals surface area contributed by atoms with Crippen LogP contribution in [0.4, 0.5) is 0 Å². The quantitative estimate of drug-likeness (QED) is 0.501. The van der Waals surface area contributed by atoms with Crippen molar-refractivity contribution in [1.82, 2.24) is 4.57 Å². The van der Waals surface area contributed by atoms with Crippen LogP contribution >= 0.6 is 0 Å². The number of aryl methyl sites for hydroxylation is 1. The van der Waals surface area contributed by atoms with Crippen molar-refractivity contribution < 1.29 is 24.2 Å². The molecule has 0 bridgehead atoms. The second kappa shape index (κ2) is 6.43. The molecule has 0 saturated carbocycles. The standard InChI is InChI=1S/C16H17NO5/c1-3-17-11-8-6-5-7-10(11)14(15(19)16(20)21)12(17)9-13(18)22-4-2/h5-8H,3-4,9H2,1-2H3,(H,20,21). The van der Waals surface area contributed by atoms with E-state index in [0.717, 1.165) is 5.52 Å². The lowest BCUT2D eigenvalue weighted by atomic mass is 10.0. The molecule has 0 atom stereocenters. The number of carboxylic acid groups (broad SMARTS) is 1. The first kappa shape index (κ1) is 15.8. The van der Waals surface area contributed by atoms with Crippen molar-refractivity contribution in [2.75, 3.05) is 6.61 Å². The number of Topliss-reactive ketones (excluding diaryl/α,β-unsaturated/α-hetero) is 1. The number of hydrogen-bond donors (Lipinski definition) is 1. The third kappa shape index (κ3) is 2.72. The molecule has 22 heavy (non-hydrogen) atoms. The van der Waals surface area contributed by atoms with E-state index in [0.29, 0.717) is 17.6 Å². The molecule has 6 heteroatoms. The minimum atomic E-state index is -1.54. The first-order chi connectivity index (χ1) is 10.5. The molecule has 1 aromatic carbocycles. The highest BCUT2D eigenvalue weighted by Gasteiger charge is 2.27. The molecule has 1 heterocycles. The van der Waals surface area contributed by atoms with Crippen molar-refractivity contribution in [3.05, 3.63) is 35.5 Å². The van der Waals surface area contributed by atoms with Gasteiger partial charge in [0.2, 0.25) is 0 Å². The zero-order valence-electron chi connectivity index (χ0n) is 12.5. The number of nitrogens with zero attached hydrogens (tertiary/aromatic N) is 1. The molecule has 0 unspecified atom stereocenters. The van der Waals surface area contributed by atoms with Crippen LogP contribution in [0, 0.1) is 0 Å². The molecule has 0 aliphatic carbocycles. The number of aromatic nitrogens is 1. The predicted molar refractivity (Wildman–Crippen MR) is 79.9 cm³/mol. The first-order valence-corrected chi connectivity index (χ1v) is 7.04. The van der Waals surface area contributed by atoms with Crippen LogP contribution in [0.5, 0.6) is 0 Å². The normalized spacial score (nSPS) is 10.6. The number of esters is 1. The second-order valence-electron chi connectivity index (χ2n) is 4.70. The van der Waals surface area contributed by atoms with Gasteiger partial charge in [0.15, 0.2) is 0 Å². The molecule has 6 nitrogen and oxygen atoms in total. The minimum Gasteiger partial charge on any atom is -0.475 e. The number of hydrogen-bond acceptors (Lipinski definition) is 4. The zero-order chi connectivity index (χ0) is 16.3. The van der Waals surface area contributed by atoms with Crippen LogP contribution in [-0.4, -0.2) is 34.0 Å². The number of ketones is 1. The van der Waals surface area contributed by atoms with Crippen molar-refractivity contribution >= 4 is 28.6 Å². The predicted octanol–water partition coefficient (Wildman–Crippen LogP) is 2.03. The molecule has 0 fully saturated rings. The third-order valence-electron chi connectivity index (χ3n) is 3.43. The van der Waals surface area contributed by atoms with Gasteiger partial charge in [-0.3, -0.25) is 9.59 Å². The fraction of sp³-hybridized carbons (Fsp3) is 0.312. The summed E-state index contributed by atoms with van der Waals surface area (Å²) in [6.07, 6.45) is -0.134. The molecule has 0 aliphatic rings. The monoisotopic (exact) mass is 303 g/mol. The van der Waals surface area contributed by atoms with Gasteiger partial charge in [-0.25, -0.2) is 4.79 Å². The van der Waals surface area contributed by atoms with Gasteiger partial charge in [-0.15, -0.1) is 0 Å². The molecule has 0 radical (unpaired) electrons. The molecule has 1 N–H and O–H groups in total. The highest BCUT2D eigenvalue weighted by atomic mass is 16.5. The Morgan fingerprint density at radius 1 is 1.18 bits per heavy atom. The van der Waals surface area contributed by atoms with Gasteiger partial charge in [0.25, 0.3) is 5.78 Å². The summed E-state index contributed by atoms with van der Waals surface area (Å²) in [5.41, 5.74) is 1.18. The third-order valence-corrected chi connectivity index (χ3v) is 3.43. The molecule has 0 saturated heterocycles. The number of aliphatic carboxylic acids is 1. The highest BCUT2D eigenvalue weighted by Crippen LogP contribution is 2.27. The minimum absolute atomic E-state index is 0.0676. The van der Waals surface area contributed by atoms with Gasteiger partial charge in [0.1, 0.15) is 0 Å². The van der Waals surface area contributed by atoms with E-state index in [1.54, 1.807) is 35.8 Å². The Hall–Kier alpha value is -2.63. The highest BCUT2D eigenvalue weighted by molar-refractivity contribution is 6.42. The average Bonchev–Trinajstić information content (AvgIpc) is 2.79. The van der Waals surface area contributed by atoms with Crippen molar-refractivity contribution in [3.8, 4) is 0 Å². The van der Waals surface area contributed by atoms with Crippen molar-refractivity contribution in [1.29, 1.82) is 0 Å². The number of para-hydroxylation sites is 1. The van der Waals surface area contributed by atoms with E-state index in [-0.39, 0.29) is 18.6 Å². The van der Waals surface area contributed by atoms with Gasteiger partial charge in [0, 0.05) is 23.1 Å². The van der Waals surface area contributed by atoms with Crippen LogP contribution in [0.25, 0.3) is 10.9 Å². The van der Waals surface area contributed by atoms with Crippen molar-refractivity contribution in [2.24, 2.45) is 0 Å². The summed E-state index contributed by atoms with van der Waals surface area (Å²) >= 11 is 0. The summed E-state index contributed by atoms with van der Waals surface area (Å²) in [6, 6.07) is 7.02. The molecular weight excluding hydrogens is 286 g/mol. The first-order valence-electron chi connectivity index (χ1n) is 7.04. The summed E-state index contributed by atoms with van der Waals surface area (Å²) in [7, 11) is 0. The Bertz CT molecular complexity index is 744. The average molecular weight is 303 g/mol. The number of carboxylic acids is 1. The van der Waals surface area contributed by atoms with E-state index in [9.17, 15) is 14.4 Å². The molecule has 0 amide bonds. The van der Waals surface area contributed by atoms with Crippen molar-refractivity contribution in [3.63, 3.8) is 0 Å². The van der Waals surface area contributed by atoms with E-state index < -0.39 is 17.7 Å². The maximum Gasteiger partial charge on any atom is 0.377 e. The molecule has 1 aromatic heterocycles. The summed E-state index contributed by atoms with van der Waals surface area (Å²) in [5, 5.41) is 9.60. The van der Waals surface area contributed by atoms with E-state index >= 15 is 0 Å². The fourth-order valence-corrected chi connectivity index (χ4v) is 2.61. The number of benzene rings is 1. The van der Waals surface area contributed by atoms with E-state index in [2.05, 4.69) is 0 Å². The fourth-order valence-electron chi connectivity index (χ4n) is 2.61. The molecule has 2 rings (SSSR count). The van der Waals surface area contributed by atoms with Crippen LogP contribution in [-0.2, 0) is 27.3 Å². The Kier molecular flexibility index (Phi) is 4.60. The van der Waals surface area contributed by atoms with Gasteiger partial charge in [-0.1, -0.05) is 18.2 Å². The summed E-state index contributed by atoms with van der Waals surface area (Å²) in [5.74, 6) is -3.04. The molecule has 0 spiro atoms. The Balaban J connectivity index is 2.69. The number of carbonyl (C=O) groups excluding carboxylic acids is 2. The lowest BCUT2D eigenvalue weighted by Crippen LogP contribution is -2.18. The Morgan fingerprint density at radius 3 is 2.45 bits per heavy atom.